The summed E-state index contributed by atoms with van der Waals surface area (Å²) in [5, 5.41) is 3.00. The van der Waals surface area contributed by atoms with Crippen LogP contribution in [0, 0.1) is 6.92 Å². The highest BCUT2D eigenvalue weighted by Crippen LogP contribution is 2.34. The first-order valence-corrected chi connectivity index (χ1v) is 9.30. The number of amides is 1. The predicted molar refractivity (Wildman–Crippen MR) is 109 cm³/mol. The molecule has 4 aromatic rings. The first kappa shape index (κ1) is 17.2. The third kappa shape index (κ3) is 3.16. The highest BCUT2D eigenvalue weighted by atomic mass is 16.6. The summed E-state index contributed by atoms with van der Waals surface area (Å²) in [4.78, 5) is 21.8. The molecule has 1 aliphatic rings. The van der Waals surface area contributed by atoms with Crippen molar-refractivity contribution in [3.63, 3.8) is 0 Å². The molecule has 1 amide bonds. The van der Waals surface area contributed by atoms with Crippen molar-refractivity contribution in [1.29, 1.82) is 0 Å². The molecule has 7 heteroatoms. The van der Waals surface area contributed by atoms with Gasteiger partial charge in [-0.1, -0.05) is 18.2 Å². The van der Waals surface area contributed by atoms with Gasteiger partial charge in [0, 0.05) is 29.8 Å². The summed E-state index contributed by atoms with van der Waals surface area (Å²) in [5.41, 5.74) is 3.79. The highest BCUT2D eigenvalue weighted by Gasteiger charge is 2.21. The van der Waals surface area contributed by atoms with E-state index in [1.807, 2.05) is 48.0 Å². The van der Waals surface area contributed by atoms with E-state index in [1.165, 1.54) is 0 Å². The zero-order valence-electron chi connectivity index (χ0n) is 15.8. The summed E-state index contributed by atoms with van der Waals surface area (Å²) in [6.07, 6.45) is 5.52. The Morgan fingerprint density at radius 3 is 2.93 bits per heavy atom. The first-order chi connectivity index (χ1) is 14.2. The molecule has 0 aliphatic carbocycles. The van der Waals surface area contributed by atoms with Crippen LogP contribution < -0.4 is 14.8 Å². The molecule has 144 valence electrons. The molecule has 0 saturated carbocycles. The Morgan fingerprint density at radius 2 is 2.03 bits per heavy atom. The average Bonchev–Trinajstić information content (AvgIpc) is 3.19. The van der Waals surface area contributed by atoms with Gasteiger partial charge in [-0.05, 0) is 36.8 Å². The second-order valence-corrected chi connectivity index (χ2v) is 6.77. The molecular weight excluding hydrogens is 368 g/mol. The summed E-state index contributed by atoms with van der Waals surface area (Å²) < 4.78 is 13.1. The fourth-order valence-electron chi connectivity index (χ4n) is 3.33. The molecule has 29 heavy (non-hydrogen) atoms. The van der Waals surface area contributed by atoms with Crippen LogP contribution in [-0.4, -0.2) is 33.5 Å². The van der Waals surface area contributed by atoms with Crippen molar-refractivity contribution in [2.75, 3.05) is 18.5 Å². The number of para-hydroxylation sites is 1. The fraction of sp³-hybridized carbons (Fsp3) is 0.136. The van der Waals surface area contributed by atoms with Gasteiger partial charge in [0.2, 0.25) is 5.78 Å². The van der Waals surface area contributed by atoms with E-state index in [4.69, 9.17) is 9.47 Å². The smallest absolute Gasteiger partial charge is 0.259 e. The van der Waals surface area contributed by atoms with Crippen molar-refractivity contribution in [1.82, 2.24) is 14.4 Å². The third-order valence-electron chi connectivity index (χ3n) is 4.83. The van der Waals surface area contributed by atoms with Gasteiger partial charge in [0.1, 0.15) is 13.2 Å². The summed E-state index contributed by atoms with van der Waals surface area (Å²) in [6.45, 7) is 2.85. The standard InChI is InChI=1S/C22H18N4O3/c1-14-6-7-15(18-13-26-9-3-8-23-22(26)25-18)12-17(14)24-21(27)16-4-2-5-19-20(16)29-11-10-28-19/h2-9,12-13H,10-11H2,1H3,(H,24,27). The number of aromatic nitrogens is 3. The van der Waals surface area contributed by atoms with Crippen LogP contribution in [0.3, 0.4) is 0 Å². The zero-order chi connectivity index (χ0) is 19.8. The maximum absolute atomic E-state index is 13.0. The van der Waals surface area contributed by atoms with Crippen LogP contribution in [0.25, 0.3) is 17.0 Å². The number of nitrogens with one attached hydrogen (secondary N) is 1. The molecule has 0 atom stereocenters. The molecule has 2 aromatic carbocycles. The minimum Gasteiger partial charge on any atom is -0.486 e. The van der Waals surface area contributed by atoms with E-state index in [1.54, 1.807) is 24.4 Å². The number of benzene rings is 2. The number of fused-ring (bicyclic) bond motifs is 2. The lowest BCUT2D eigenvalue weighted by Crippen LogP contribution is -2.20. The topological polar surface area (TPSA) is 77.8 Å². The Balaban J connectivity index is 1.47. The Hall–Kier alpha value is -3.87. The predicted octanol–water partition coefficient (Wildman–Crippen LogP) is 3.73. The number of anilines is 1. The Kier molecular flexibility index (Phi) is 4.13. The Morgan fingerprint density at radius 1 is 1.14 bits per heavy atom. The lowest BCUT2D eigenvalue weighted by molar-refractivity contribution is 0.101. The SMILES string of the molecule is Cc1ccc(-c2cn3cccnc3n2)cc1NC(=O)c1cccc2c1OCCO2. The van der Waals surface area contributed by atoms with Gasteiger partial charge in [0.15, 0.2) is 11.5 Å². The summed E-state index contributed by atoms with van der Waals surface area (Å²) in [7, 11) is 0. The van der Waals surface area contributed by atoms with E-state index in [9.17, 15) is 4.79 Å². The van der Waals surface area contributed by atoms with Gasteiger partial charge in [-0.25, -0.2) is 9.97 Å². The van der Waals surface area contributed by atoms with Crippen LogP contribution in [0.1, 0.15) is 15.9 Å². The Labute approximate surface area is 166 Å². The van der Waals surface area contributed by atoms with Crippen molar-refractivity contribution in [2.45, 2.75) is 6.92 Å². The van der Waals surface area contributed by atoms with E-state index >= 15 is 0 Å². The normalized spacial score (nSPS) is 12.7. The van der Waals surface area contributed by atoms with Crippen LogP contribution in [-0.2, 0) is 0 Å². The number of hydrogen-bond acceptors (Lipinski definition) is 5. The molecule has 2 aromatic heterocycles. The molecular formula is C22H18N4O3. The third-order valence-corrected chi connectivity index (χ3v) is 4.83. The van der Waals surface area contributed by atoms with Crippen molar-refractivity contribution < 1.29 is 14.3 Å². The summed E-state index contributed by atoms with van der Waals surface area (Å²) >= 11 is 0. The second kappa shape index (κ2) is 6.94. The van der Waals surface area contributed by atoms with Gasteiger partial charge >= 0.3 is 0 Å². The average molecular weight is 386 g/mol. The lowest BCUT2D eigenvalue weighted by atomic mass is 10.1. The van der Waals surface area contributed by atoms with Gasteiger partial charge < -0.3 is 14.8 Å². The maximum Gasteiger partial charge on any atom is 0.259 e. The van der Waals surface area contributed by atoms with E-state index < -0.39 is 0 Å². The minimum absolute atomic E-state index is 0.246. The van der Waals surface area contributed by atoms with Crippen LogP contribution in [0.5, 0.6) is 11.5 Å². The molecule has 3 heterocycles. The van der Waals surface area contributed by atoms with Crippen LogP contribution >= 0.6 is 0 Å². The van der Waals surface area contributed by atoms with Crippen molar-refractivity contribution in [3.05, 3.63) is 72.2 Å². The van der Waals surface area contributed by atoms with Crippen molar-refractivity contribution in [2.24, 2.45) is 0 Å². The van der Waals surface area contributed by atoms with E-state index in [-0.39, 0.29) is 5.91 Å². The van der Waals surface area contributed by atoms with Gasteiger partial charge in [-0.15, -0.1) is 0 Å². The quantitative estimate of drug-likeness (QED) is 0.581. The number of carbonyl (C=O) groups is 1. The van der Waals surface area contributed by atoms with Crippen LogP contribution in [0.15, 0.2) is 61.1 Å². The number of aryl methyl sites for hydroxylation is 1. The molecule has 0 saturated heterocycles. The number of hydrogen-bond donors (Lipinski definition) is 1. The maximum atomic E-state index is 13.0. The van der Waals surface area contributed by atoms with E-state index in [2.05, 4.69) is 15.3 Å². The van der Waals surface area contributed by atoms with Crippen molar-refractivity contribution in [3.8, 4) is 22.8 Å². The summed E-state index contributed by atoms with van der Waals surface area (Å²) in [6, 6.07) is 13.0. The minimum atomic E-state index is -0.246. The zero-order valence-corrected chi connectivity index (χ0v) is 15.8. The molecule has 0 bridgehead atoms. The summed E-state index contributed by atoms with van der Waals surface area (Å²) in [5.74, 6) is 1.45. The van der Waals surface area contributed by atoms with E-state index in [0.29, 0.717) is 41.7 Å². The largest absolute Gasteiger partial charge is 0.486 e. The van der Waals surface area contributed by atoms with Crippen LogP contribution in [0.4, 0.5) is 5.69 Å². The lowest BCUT2D eigenvalue weighted by Gasteiger charge is -2.20. The number of carbonyl (C=O) groups excluding carboxylic acids is 1. The van der Waals surface area contributed by atoms with Gasteiger partial charge in [-0.3, -0.25) is 9.20 Å². The highest BCUT2D eigenvalue weighted by molar-refractivity contribution is 6.07. The molecule has 7 nitrogen and oxygen atoms in total. The fourth-order valence-corrected chi connectivity index (χ4v) is 3.33. The first-order valence-electron chi connectivity index (χ1n) is 9.30. The molecule has 5 rings (SSSR count). The second-order valence-electron chi connectivity index (χ2n) is 6.77. The molecule has 0 unspecified atom stereocenters. The monoisotopic (exact) mass is 386 g/mol. The molecule has 0 spiro atoms. The number of rotatable bonds is 3. The van der Waals surface area contributed by atoms with E-state index in [0.717, 1.165) is 16.8 Å². The number of nitrogens with zero attached hydrogens (tertiary/aromatic N) is 3. The molecule has 1 N–H and O–H groups in total. The van der Waals surface area contributed by atoms with Gasteiger partial charge in [-0.2, -0.15) is 0 Å². The van der Waals surface area contributed by atoms with Gasteiger partial charge in [0.25, 0.3) is 5.91 Å². The van der Waals surface area contributed by atoms with Crippen molar-refractivity contribution >= 4 is 17.4 Å². The molecule has 0 fully saturated rings. The number of ether oxygens (including phenoxy) is 2. The number of imidazole rings is 1. The van der Waals surface area contributed by atoms with Crippen LogP contribution in [0.2, 0.25) is 0 Å². The Bertz CT molecular complexity index is 1200. The van der Waals surface area contributed by atoms with Gasteiger partial charge in [0.05, 0.1) is 11.3 Å². The molecule has 1 aliphatic heterocycles. The molecule has 0 radical (unpaired) electrons.